The van der Waals surface area contributed by atoms with E-state index in [2.05, 4.69) is 34.6 Å². The molecule has 0 bridgehead atoms. The summed E-state index contributed by atoms with van der Waals surface area (Å²) in [6, 6.07) is 0.167. The van der Waals surface area contributed by atoms with E-state index >= 15 is 0 Å². The molecule has 0 spiro atoms. The van der Waals surface area contributed by atoms with Crippen LogP contribution in [0.15, 0.2) is 0 Å². The number of carbonyl (C=O) groups is 8. The second-order valence-corrected chi connectivity index (χ2v) is 22.6. The van der Waals surface area contributed by atoms with Gasteiger partial charge in [-0.15, -0.1) is 0 Å². The quantitative estimate of drug-likeness (QED) is 0.0391. The summed E-state index contributed by atoms with van der Waals surface area (Å²) in [7, 11) is 0. The fourth-order valence-electron chi connectivity index (χ4n) is 8.69. The van der Waals surface area contributed by atoms with Crippen LogP contribution in [0.1, 0.15) is 206 Å². The summed E-state index contributed by atoms with van der Waals surface area (Å²) in [5.74, 6) is -1.08. The van der Waals surface area contributed by atoms with Gasteiger partial charge in [0.2, 0.25) is 23.6 Å². The molecule has 0 radical (unpaired) electrons. The van der Waals surface area contributed by atoms with Crippen LogP contribution >= 0.6 is 0 Å². The molecular weight excluding hydrogens is 961 g/mol. The lowest BCUT2D eigenvalue weighted by Gasteiger charge is -2.31. The molecule has 4 rings (SSSR count). The lowest BCUT2D eigenvalue weighted by molar-refractivity contribution is -0.149. The molecule has 4 unspecified atom stereocenters. The minimum atomic E-state index is -0.287. The molecule has 0 aromatic rings. The van der Waals surface area contributed by atoms with E-state index in [1.165, 1.54) is 25.7 Å². The van der Waals surface area contributed by atoms with Crippen LogP contribution in [-0.4, -0.2) is 157 Å². The average Bonchev–Trinajstić information content (AvgIpc) is 4.15. The van der Waals surface area contributed by atoms with E-state index in [-0.39, 0.29) is 95.3 Å². The molecule has 4 aliphatic rings. The standard InChI is InChI=1S/C15H27NO4.C15H27NO3.2C14H25NO3/c1-4-5-8-20-15(18)13-10-14(17)16(11-13)7-6-9-19-12(2)3;1-5-6-7-8-9-19-14(18)12-10-13(17)16(11-12)15(2,3)4;1-4-5-8-18-14(17)12-9-13(16)15(10-12)7-6-11(2)3;1-4-5-6-7-8-18-14(17)12-9-13(16)15(10-12)11(2)3/h12-13H,4-11H2,1-3H3;12H,5-11H2,1-4H3;2*11-12H,4-10H2,1-3H3. The number of esters is 4. The summed E-state index contributed by atoms with van der Waals surface area (Å²) in [5.41, 5.74) is -0.215. The number of ether oxygens (including phenoxy) is 5. The van der Waals surface area contributed by atoms with Crippen LogP contribution in [0.4, 0.5) is 0 Å². The average molecular weight is 1070 g/mol. The molecule has 0 saturated carbocycles. The highest BCUT2D eigenvalue weighted by Crippen LogP contribution is 2.27. The second-order valence-electron chi connectivity index (χ2n) is 22.6. The largest absolute Gasteiger partial charge is 0.465 e. The Morgan fingerprint density at radius 2 is 0.853 bits per heavy atom. The van der Waals surface area contributed by atoms with Crippen molar-refractivity contribution in [3.05, 3.63) is 0 Å². The molecule has 0 N–H and O–H groups in total. The maximum absolute atomic E-state index is 11.9. The number of amides is 4. The molecule has 0 aromatic carbocycles. The van der Waals surface area contributed by atoms with Gasteiger partial charge in [0.1, 0.15) is 0 Å². The first-order valence-corrected chi connectivity index (χ1v) is 28.9. The topological polar surface area (TPSA) is 196 Å². The predicted molar refractivity (Wildman–Crippen MR) is 291 cm³/mol. The van der Waals surface area contributed by atoms with E-state index in [4.69, 9.17) is 23.7 Å². The minimum Gasteiger partial charge on any atom is -0.465 e. The highest BCUT2D eigenvalue weighted by molar-refractivity contribution is 5.89. The van der Waals surface area contributed by atoms with E-state index in [0.717, 1.165) is 70.8 Å². The third-order valence-corrected chi connectivity index (χ3v) is 13.4. The van der Waals surface area contributed by atoms with Crippen LogP contribution in [-0.2, 0) is 62.0 Å². The van der Waals surface area contributed by atoms with Gasteiger partial charge in [0.25, 0.3) is 0 Å². The zero-order chi connectivity index (χ0) is 56.5. The molecule has 4 atom stereocenters. The Bertz CT molecular complexity index is 1700. The summed E-state index contributed by atoms with van der Waals surface area (Å²) in [5, 5.41) is 0. The second kappa shape index (κ2) is 38.3. The van der Waals surface area contributed by atoms with E-state index in [0.29, 0.717) is 90.9 Å². The van der Waals surface area contributed by atoms with Crippen LogP contribution in [0.5, 0.6) is 0 Å². The van der Waals surface area contributed by atoms with Crippen LogP contribution in [0.2, 0.25) is 0 Å². The van der Waals surface area contributed by atoms with Gasteiger partial charge in [0, 0.05) is 83.1 Å². The SMILES string of the molecule is CCCCCCOC(=O)C1CC(=O)N(C(C)(C)C)C1.CCCCCCOC(=O)C1CC(=O)N(C(C)C)C1.CCCCOC(=O)C1CC(=O)N(CCC(C)C)C1.CCCCOC(=O)C1CC(=O)N(CCCOC(C)C)C1. The van der Waals surface area contributed by atoms with Gasteiger partial charge in [-0.25, -0.2) is 0 Å². The number of likely N-dealkylation sites (tertiary alicyclic amines) is 4. The fraction of sp³-hybridized carbons (Fsp3) is 0.862. The lowest BCUT2D eigenvalue weighted by atomic mass is 10.1. The van der Waals surface area contributed by atoms with Crippen molar-refractivity contribution in [1.29, 1.82) is 0 Å². The van der Waals surface area contributed by atoms with Crippen molar-refractivity contribution in [2.75, 3.05) is 72.3 Å². The Labute approximate surface area is 452 Å². The molecule has 75 heavy (non-hydrogen) atoms. The number of nitrogens with zero attached hydrogens (tertiary/aromatic N) is 4. The van der Waals surface area contributed by atoms with Gasteiger partial charge in [0.15, 0.2) is 0 Å². The first-order chi connectivity index (χ1) is 35.5. The van der Waals surface area contributed by atoms with Crippen molar-refractivity contribution < 1.29 is 62.0 Å². The molecule has 0 aromatic heterocycles. The molecule has 0 aliphatic carbocycles. The van der Waals surface area contributed by atoms with Gasteiger partial charge < -0.3 is 43.3 Å². The molecule has 434 valence electrons. The van der Waals surface area contributed by atoms with Crippen molar-refractivity contribution in [2.45, 2.75) is 223 Å². The van der Waals surface area contributed by atoms with E-state index in [9.17, 15) is 38.4 Å². The molecule has 17 nitrogen and oxygen atoms in total. The number of carbonyl (C=O) groups excluding carboxylic acids is 8. The Kier molecular flexibility index (Phi) is 35.1. The number of rotatable bonds is 29. The zero-order valence-corrected chi connectivity index (χ0v) is 49.1. The molecule has 4 heterocycles. The first-order valence-electron chi connectivity index (χ1n) is 28.9. The highest BCUT2D eigenvalue weighted by Gasteiger charge is 2.41. The van der Waals surface area contributed by atoms with Crippen molar-refractivity contribution in [3.8, 4) is 0 Å². The summed E-state index contributed by atoms with van der Waals surface area (Å²) < 4.78 is 26.3. The maximum Gasteiger partial charge on any atom is 0.311 e. The third kappa shape index (κ3) is 28.6. The smallest absolute Gasteiger partial charge is 0.311 e. The van der Waals surface area contributed by atoms with Gasteiger partial charge in [-0.2, -0.15) is 0 Å². The van der Waals surface area contributed by atoms with Crippen molar-refractivity contribution in [3.63, 3.8) is 0 Å². The fourth-order valence-corrected chi connectivity index (χ4v) is 8.69. The van der Waals surface area contributed by atoms with E-state index < -0.39 is 0 Å². The normalized spacial score (nSPS) is 19.5. The summed E-state index contributed by atoms with van der Waals surface area (Å²) in [6.07, 6.45) is 15.8. The minimum absolute atomic E-state index is 0.0481. The van der Waals surface area contributed by atoms with Gasteiger partial charge >= 0.3 is 23.9 Å². The molecule has 4 aliphatic heterocycles. The highest BCUT2D eigenvalue weighted by atomic mass is 16.5. The summed E-state index contributed by atoms with van der Waals surface area (Å²) in [6.45, 7) is 32.6. The zero-order valence-electron chi connectivity index (χ0n) is 49.1. The van der Waals surface area contributed by atoms with E-state index in [1.807, 2.05) is 55.4 Å². The number of hydrogen-bond donors (Lipinski definition) is 0. The molecule has 4 fully saturated rings. The Hall–Kier alpha value is -4.28. The van der Waals surface area contributed by atoms with Crippen molar-refractivity contribution in [1.82, 2.24) is 19.6 Å². The Morgan fingerprint density at radius 1 is 0.467 bits per heavy atom. The van der Waals surface area contributed by atoms with E-state index in [1.54, 1.807) is 19.6 Å². The van der Waals surface area contributed by atoms with Crippen LogP contribution in [0, 0.1) is 29.6 Å². The third-order valence-electron chi connectivity index (χ3n) is 13.4. The Morgan fingerprint density at radius 3 is 1.23 bits per heavy atom. The van der Waals surface area contributed by atoms with Gasteiger partial charge in [0.05, 0.1) is 56.2 Å². The number of unbranched alkanes of at least 4 members (excludes halogenated alkanes) is 8. The lowest BCUT2D eigenvalue weighted by Crippen LogP contribution is -2.42. The Balaban J connectivity index is 0.000000500. The number of hydrogen-bond acceptors (Lipinski definition) is 13. The monoisotopic (exact) mass is 1060 g/mol. The van der Waals surface area contributed by atoms with Gasteiger partial charge in [-0.3, -0.25) is 38.4 Å². The summed E-state index contributed by atoms with van der Waals surface area (Å²) >= 11 is 0. The van der Waals surface area contributed by atoms with Crippen LogP contribution in [0.3, 0.4) is 0 Å². The molecule has 4 saturated heterocycles. The maximum atomic E-state index is 11.9. The predicted octanol–water partition coefficient (Wildman–Crippen LogP) is 9.34. The molecule has 17 heteroatoms. The van der Waals surface area contributed by atoms with Crippen LogP contribution < -0.4 is 0 Å². The first kappa shape index (κ1) is 68.7. The van der Waals surface area contributed by atoms with Crippen LogP contribution in [0.25, 0.3) is 0 Å². The van der Waals surface area contributed by atoms with Crippen molar-refractivity contribution >= 4 is 47.5 Å². The van der Waals surface area contributed by atoms with Crippen molar-refractivity contribution in [2.24, 2.45) is 29.6 Å². The summed E-state index contributed by atoms with van der Waals surface area (Å²) in [4.78, 5) is 101. The van der Waals surface area contributed by atoms with Gasteiger partial charge in [-0.1, -0.05) is 92.9 Å². The molecule has 4 amide bonds. The van der Waals surface area contributed by atoms with Gasteiger partial charge in [-0.05, 0) is 92.9 Å². The molecular formula is C58H104N4O13.